The Morgan fingerprint density at radius 2 is 2.14 bits per heavy atom. The summed E-state index contributed by atoms with van der Waals surface area (Å²) in [6.45, 7) is 0.956. The van der Waals surface area contributed by atoms with Gasteiger partial charge in [0.05, 0.1) is 4.47 Å². The molecule has 1 heterocycles. The molecule has 0 unspecified atom stereocenters. The number of nitrogens with zero attached hydrogens (tertiary/aromatic N) is 1. The van der Waals surface area contributed by atoms with E-state index < -0.39 is 0 Å². The fourth-order valence-corrected chi connectivity index (χ4v) is 3.04. The smallest absolute Gasteiger partial charge is 0.231 e. The highest BCUT2D eigenvalue weighted by molar-refractivity contribution is 9.10. The molecule has 0 atom stereocenters. The molecule has 112 valence electrons. The van der Waals surface area contributed by atoms with Crippen LogP contribution in [0.3, 0.4) is 0 Å². The molecule has 6 heteroatoms. The molecular weight excluding hydrogens is 334 g/mol. The van der Waals surface area contributed by atoms with Gasteiger partial charge in [-0.05, 0) is 46.5 Å². The molecule has 2 aliphatic rings. The van der Waals surface area contributed by atoms with Gasteiger partial charge in [-0.15, -0.1) is 0 Å². The van der Waals surface area contributed by atoms with Crippen molar-refractivity contribution in [2.75, 3.05) is 13.8 Å². The zero-order valence-electron chi connectivity index (χ0n) is 11.9. The van der Waals surface area contributed by atoms with Gasteiger partial charge < -0.3 is 20.1 Å². The van der Waals surface area contributed by atoms with E-state index in [2.05, 4.69) is 43.7 Å². The Labute approximate surface area is 132 Å². The Bertz CT molecular complexity index is 579. The lowest BCUT2D eigenvalue weighted by Gasteiger charge is -2.17. The summed E-state index contributed by atoms with van der Waals surface area (Å²) in [6.07, 6.45) is 6.49. The summed E-state index contributed by atoms with van der Waals surface area (Å²) in [5.74, 6) is 2.37. The topological polar surface area (TPSA) is 54.9 Å². The second-order valence-electron chi connectivity index (χ2n) is 5.02. The highest BCUT2D eigenvalue weighted by atomic mass is 79.9. The van der Waals surface area contributed by atoms with Crippen LogP contribution in [0.25, 0.3) is 0 Å². The Hall–Kier alpha value is -1.69. The Morgan fingerprint density at radius 3 is 2.90 bits per heavy atom. The number of hydrogen-bond donors (Lipinski definition) is 2. The molecule has 0 saturated carbocycles. The van der Waals surface area contributed by atoms with Crippen molar-refractivity contribution in [1.29, 1.82) is 0 Å². The summed E-state index contributed by atoms with van der Waals surface area (Å²) < 4.78 is 11.7. The maximum Gasteiger partial charge on any atom is 0.231 e. The minimum Gasteiger partial charge on any atom is -0.454 e. The van der Waals surface area contributed by atoms with Crippen molar-refractivity contribution in [1.82, 2.24) is 10.6 Å². The summed E-state index contributed by atoms with van der Waals surface area (Å²) in [6, 6.07) is 4.47. The van der Waals surface area contributed by atoms with Gasteiger partial charge in [0.1, 0.15) is 0 Å². The number of hydrogen-bond acceptors (Lipinski definition) is 3. The average molecular weight is 352 g/mol. The number of ether oxygens (including phenoxy) is 2. The van der Waals surface area contributed by atoms with E-state index in [-0.39, 0.29) is 6.79 Å². The molecule has 0 amide bonds. The maximum absolute atomic E-state index is 5.43. The second kappa shape index (κ2) is 6.39. The van der Waals surface area contributed by atoms with E-state index in [1.165, 1.54) is 0 Å². The summed E-state index contributed by atoms with van der Waals surface area (Å²) in [5, 5.41) is 6.74. The van der Waals surface area contributed by atoms with E-state index in [4.69, 9.17) is 9.47 Å². The predicted molar refractivity (Wildman–Crippen MR) is 85.8 cm³/mol. The van der Waals surface area contributed by atoms with Gasteiger partial charge in [0, 0.05) is 19.6 Å². The van der Waals surface area contributed by atoms with Gasteiger partial charge in [0.15, 0.2) is 17.5 Å². The number of guanidine groups is 1. The highest BCUT2D eigenvalue weighted by Gasteiger charge is 2.18. The van der Waals surface area contributed by atoms with Crippen LogP contribution >= 0.6 is 15.9 Å². The molecule has 1 aromatic carbocycles. The van der Waals surface area contributed by atoms with Gasteiger partial charge >= 0.3 is 0 Å². The quantitative estimate of drug-likeness (QED) is 0.499. The highest BCUT2D eigenvalue weighted by Crippen LogP contribution is 2.39. The number of benzene rings is 1. The largest absolute Gasteiger partial charge is 0.454 e. The van der Waals surface area contributed by atoms with Crippen LogP contribution in [0.2, 0.25) is 0 Å². The van der Waals surface area contributed by atoms with Crippen molar-refractivity contribution in [3.05, 3.63) is 34.3 Å². The summed E-state index contributed by atoms with van der Waals surface area (Å²) in [5.41, 5.74) is 1.11. The zero-order chi connectivity index (χ0) is 14.7. The first-order valence-electron chi connectivity index (χ1n) is 6.96. The lowest BCUT2D eigenvalue weighted by molar-refractivity contribution is 0.173. The van der Waals surface area contributed by atoms with Crippen LogP contribution in [0.1, 0.15) is 18.4 Å². The fraction of sp³-hybridized carbons (Fsp3) is 0.400. The standard InChI is InChI=1S/C15H18BrN3O2/c1-17-15(19-11-4-2-3-5-11)18-8-10-6-12(16)14-13(7-10)20-9-21-14/h2-3,6-7,11H,4-5,8-9H2,1H3,(H2,17,18,19). The van der Waals surface area contributed by atoms with E-state index in [1.54, 1.807) is 7.05 Å². The van der Waals surface area contributed by atoms with E-state index in [0.29, 0.717) is 12.6 Å². The molecule has 0 bridgehead atoms. The van der Waals surface area contributed by atoms with Gasteiger partial charge in [0.2, 0.25) is 6.79 Å². The number of aliphatic imine (C=N–C) groups is 1. The zero-order valence-corrected chi connectivity index (χ0v) is 13.4. The van der Waals surface area contributed by atoms with Crippen LogP contribution in [0, 0.1) is 0 Å². The van der Waals surface area contributed by atoms with Gasteiger partial charge in [0.25, 0.3) is 0 Å². The predicted octanol–water partition coefficient (Wildman–Crippen LogP) is 2.56. The third kappa shape index (κ3) is 3.32. The number of halogens is 1. The molecule has 1 aromatic rings. The minimum absolute atomic E-state index is 0.280. The van der Waals surface area contributed by atoms with Crippen LogP contribution in [0.15, 0.2) is 33.7 Å². The van der Waals surface area contributed by atoms with E-state index in [0.717, 1.165) is 40.3 Å². The molecule has 0 spiro atoms. The molecule has 0 fully saturated rings. The van der Waals surface area contributed by atoms with Crippen LogP contribution < -0.4 is 20.1 Å². The molecule has 5 nitrogen and oxygen atoms in total. The molecule has 3 rings (SSSR count). The van der Waals surface area contributed by atoms with E-state index in [1.807, 2.05) is 12.1 Å². The molecule has 2 N–H and O–H groups in total. The maximum atomic E-state index is 5.43. The van der Waals surface area contributed by atoms with Gasteiger partial charge in [-0.25, -0.2) is 0 Å². The van der Waals surface area contributed by atoms with Crippen LogP contribution in [-0.4, -0.2) is 25.8 Å². The molecule has 21 heavy (non-hydrogen) atoms. The number of fused-ring (bicyclic) bond motifs is 1. The first kappa shape index (κ1) is 14.3. The first-order chi connectivity index (χ1) is 10.3. The van der Waals surface area contributed by atoms with Crippen molar-refractivity contribution in [3.8, 4) is 11.5 Å². The van der Waals surface area contributed by atoms with Crippen molar-refractivity contribution >= 4 is 21.9 Å². The summed E-state index contributed by atoms with van der Waals surface area (Å²) in [4.78, 5) is 4.26. The van der Waals surface area contributed by atoms with E-state index in [9.17, 15) is 0 Å². The van der Waals surface area contributed by atoms with Crippen molar-refractivity contribution in [2.24, 2.45) is 4.99 Å². The molecule has 0 aromatic heterocycles. The average Bonchev–Trinajstić information content (AvgIpc) is 3.14. The summed E-state index contributed by atoms with van der Waals surface area (Å²) >= 11 is 3.51. The second-order valence-corrected chi connectivity index (χ2v) is 5.88. The van der Waals surface area contributed by atoms with Crippen molar-refractivity contribution in [3.63, 3.8) is 0 Å². The number of rotatable bonds is 3. The van der Waals surface area contributed by atoms with Crippen LogP contribution in [0.4, 0.5) is 0 Å². The fourth-order valence-electron chi connectivity index (χ4n) is 2.43. The molecule has 0 radical (unpaired) electrons. The van der Waals surface area contributed by atoms with E-state index >= 15 is 0 Å². The Kier molecular flexibility index (Phi) is 4.34. The Balaban J connectivity index is 1.60. The van der Waals surface area contributed by atoms with Gasteiger partial charge in [-0.2, -0.15) is 0 Å². The lowest BCUT2D eigenvalue weighted by atomic mass is 10.2. The molecule has 0 saturated heterocycles. The minimum atomic E-state index is 0.280. The SMILES string of the molecule is CN=C(NCc1cc(Br)c2c(c1)OCO2)NC1CC=CC1. The summed E-state index contributed by atoms with van der Waals surface area (Å²) in [7, 11) is 1.78. The number of nitrogens with one attached hydrogen (secondary N) is 2. The van der Waals surface area contributed by atoms with Crippen molar-refractivity contribution < 1.29 is 9.47 Å². The third-order valence-electron chi connectivity index (χ3n) is 3.52. The molecule has 1 aliphatic carbocycles. The Morgan fingerprint density at radius 1 is 1.33 bits per heavy atom. The lowest BCUT2D eigenvalue weighted by Crippen LogP contribution is -2.42. The third-order valence-corrected chi connectivity index (χ3v) is 4.11. The van der Waals surface area contributed by atoms with Gasteiger partial charge in [-0.3, -0.25) is 4.99 Å². The molecular formula is C15H18BrN3O2. The molecule has 1 aliphatic heterocycles. The monoisotopic (exact) mass is 351 g/mol. The van der Waals surface area contributed by atoms with Crippen molar-refractivity contribution in [2.45, 2.75) is 25.4 Å². The first-order valence-corrected chi connectivity index (χ1v) is 7.76. The van der Waals surface area contributed by atoms with Crippen LogP contribution in [-0.2, 0) is 6.54 Å². The van der Waals surface area contributed by atoms with Gasteiger partial charge in [-0.1, -0.05) is 12.2 Å². The van der Waals surface area contributed by atoms with Crippen LogP contribution in [0.5, 0.6) is 11.5 Å². The normalized spacial score (nSPS) is 17.3.